The van der Waals surface area contributed by atoms with Gasteiger partial charge in [0.05, 0.1) is 0 Å². The third-order valence-corrected chi connectivity index (χ3v) is 4.70. The molecule has 0 saturated heterocycles. The molecule has 3 heterocycles. The lowest BCUT2D eigenvalue weighted by Gasteiger charge is -2.04. The van der Waals surface area contributed by atoms with E-state index in [2.05, 4.69) is 9.97 Å². The summed E-state index contributed by atoms with van der Waals surface area (Å²) >= 11 is 1.39. The van der Waals surface area contributed by atoms with E-state index in [1.54, 1.807) is 43.8 Å². The largest absolute Gasteiger partial charge is 0.265 e. The second-order valence-electron chi connectivity index (χ2n) is 4.57. The van der Waals surface area contributed by atoms with Crippen LogP contribution < -0.4 is 0 Å². The first-order valence-corrected chi connectivity index (χ1v) is 7.22. The van der Waals surface area contributed by atoms with Crippen LogP contribution in [-0.2, 0) is 0 Å². The summed E-state index contributed by atoms with van der Waals surface area (Å²) in [6.07, 6.45) is 4.07. The van der Waals surface area contributed by atoms with E-state index in [0.29, 0.717) is 10.4 Å². The van der Waals surface area contributed by atoms with Crippen LogP contribution in [0.1, 0.15) is 17.6 Å². The monoisotopic (exact) mass is 302 g/mol. The van der Waals surface area contributed by atoms with Gasteiger partial charge in [0.1, 0.15) is 0 Å². The number of hydrogen-bond donors (Lipinski definition) is 0. The van der Waals surface area contributed by atoms with Crippen molar-refractivity contribution in [3.63, 3.8) is 0 Å². The average Bonchev–Trinajstić information content (AvgIpc) is 2.87. The number of rotatable bonds is 3. The number of halogens is 2. The van der Waals surface area contributed by atoms with E-state index in [1.807, 2.05) is 12.1 Å². The Labute approximate surface area is 125 Å². The Morgan fingerprint density at radius 1 is 0.857 bits per heavy atom. The molecule has 0 amide bonds. The minimum absolute atomic E-state index is 0.109. The van der Waals surface area contributed by atoms with Crippen molar-refractivity contribution < 1.29 is 8.78 Å². The molecule has 0 N–H and O–H groups in total. The summed E-state index contributed by atoms with van der Waals surface area (Å²) in [6.45, 7) is 1.75. The first kappa shape index (κ1) is 13.8. The van der Waals surface area contributed by atoms with Crippen LogP contribution in [0.2, 0.25) is 0 Å². The first-order chi connectivity index (χ1) is 10.2. The molecule has 0 fully saturated rings. The van der Waals surface area contributed by atoms with Gasteiger partial charge in [-0.05, 0) is 47.9 Å². The van der Waals surface area contributed by atoms with Gasteiger partial charge >= 0.3 is 0 Å². The summed E-state index contributed by atoms with van der Waals surface area (Å²) < 4.78 is 27.0. The predicted octanol–water partition coefficient (Wildman–Crippen LogP) is 5.12. The molecule has 0 bridgehead atoms. The van der Waals surface area contributed by atoms with Gasteiger partial charge in [0.2, 0.25) is 0 Å². The highest BCUT2D eigenvalue weighted by atomic mass is 32.1. The van der Waals surface area contributed by atoms with Gasteiger partial charge in [-0.2, -0.15) is 0 Å². The number of thiophene rings is 1. The Balaban J connectivity index is 2.22. The highest BCUT2D eigenvalue weighted by molar-refractivity contribution is 7.19. The van der Waals surface area contributed by atoms with Crippen LogP contribution >= 0.6 is 11.3 Å². The molecule has 0 radical (unpaired) electrons. The zero-order valence-electron chi connectivity index (χ0n) is 11.3. The zero-order valence-corrected chi connectivity index (χ0v) is 12.1. The fourth-order valence-corrected chi connectivity index (χ4v) is 3.61. The van der Waals surface area contributed by atoms with Crippen molar-refractivity contribution in [3.05, 3.63) is 60.2 Å². The number of hydrogen-bond acceptors (Lipinski definition) is 3. The summed E-state index contributed by atoms with van der Waals surface area (Å²) in [6, 6.07) is 7.19. The molecule has 0 unspecified atom stereocenters. The third kappa shape index (κ3) is 2.56. The lowest BCUT2D eigenvalue weighted by molar-refractivity contribution is 0.152. The van der Waals surface area contributed by atoms with Gasteiger partial charge in [0.25, 0.3) is 6.43 Å². The van der Waals surface area contributed by atoms with E-state index in [9.17, 15) is 8.78 Å². The van der Waals surface area contributed by atoms with E-state index in [1.165, 1.54) is 11.3 Å². The number of pyridine rings is 2. The molecule has 3 rings (SSSR count). The maximum absolute atomic E-state index is 13.5. The lowest BCUT2D eigenvalue weighted by atomic mass is 10.0. The molecule has 5 heteroatoms. The van der Waals surface area contributed by atoms with Crippen LogP contribution in [0, 0.1) is 6.92 Å². The Kier molecular flexibility index (Phi) is 3.75. The fourth-order valence-electron chi connectivity index (χ4n) is 2.29. The van der Waals surface area contributed by atoms with Crippen molar-refractivity contribution in [3.8, 4) is 20.9 Å². The van der Waals surface area contributed by atoms with Gasteiger partial charge in [-0.1, -0.05) is 0 Å². The van der Waals surface area contributed by atoms with Gasteiger partial charge in [-0.3, -0.25) is 9.97 Å². The van der Waals surface area contributed by atoms with Crippen molar-refractivity contribution >= 4 is 11.3 Å². The maximum Gasteiger partial charge on any atom is 0.265 e. The lowest BCUT2D eigenvalue weighted by Crippen LogP contribution is -1.89. The average molecular weight is 302 g/mol. The van der Waals surface area contributed by atoms with Crippen LogP contribution in [0.15, 0.2) is 49.1 Å². The summed E-state index contributed by atoms with van der Waals surface area (Å²) in [7, 11) is 0. The number of alkyl halides is 2. The summed E-state index contributed by atoms with van der Waals surface area (Å²) in [5.74, 6) is 0. The third-order valence-electron chi connectivity index (χ3n) is 3.30. The number of aromatic nitrogens is 2. The van der Waals surface area contributed by atoms with Crippen molar-refractivity contribution in [2.45, 2.75) is 13.3 Å². The molecule has 21 heavy (non-hydrogen) atoms. The highest BCUT2D eigenvalue weighted by Crippen LogP contribution is 2.45. The van der Waals surface area contributed by atoms with Gasteiger partial charge < -0.3 is 0 Å². The Morgan fingerprint density at radius 3 is 1.81 bits per heavy atom. The molecular weight excluding hydrogens is 290 g/mol. The van der Waals surface area contributed by atoms with Crippen molar-refractivity contribution in [1.29, 1.82) is 0 Å². The predicted molar refractivity (Wildman–Crippen MR) is 80.5 cm³/mol. The smallest absolute Gasteiger partial charge is 0.265 e. The minimum atomic E-state index is -2.50. The van der Waals surface area contributed by atoms with E-state index in [0.717, 1.165) is 16.0 Å². The van der Waals surface area contributed by atoms with Gasteiger partial charge in [0, 0.05) is 40.1 Å². The molecule has 0 aliphatic rings. The molecule has 0 aromatic carbocycles. The summed E-state index contributed by atoms with van der Waals surface area (Å²) in [4.78, 5) is 9.38. The molecule has 106 valence electrons. The Bertz CT molecular complexity index is 740. The molecule has 0 aliphatic heterocycles. The minimum Gasteiger partial charge on any atom is -0.265 e. The normalized spacial score (nSPS) is 11.0. The van der Waals surface area contributed by atoms with Crippen LogP contribution in [-0.4, -0.2) is 9.97 Å². The second-order valence-corrected chi connectivity index (χ2v) is 5.59. The van der Waals surface area contributed by atoms with Crippen molar-refractivity contribution in [2.24, 2.45) is 0 Å². The molecule has 0 spiro atoms. The highest BCUT2D eigenvalue weighted by Gasteiger charge is 2.23. The van der Waals surface area contributed by atoms with Crippen LogP contribution in [0.5, 0.6) is 0 Å². The molecular formula is C16H12F2N2S. The Hall–Kier alpha value is -2.14. The van der Waals surface area contributed by atoms with E-state index in [4.69, 9.17) is 0 Å². The zero-order chi connectivity index (χ0) is 14.8. The molecule has 2 nitrogen and oxygen atoms in total. The SMILES string of the molecule is Cc1c(-c2ccncc2)sc(-c2ccncc2)c1C(F)F. The van der Waals surface area contributed by atoms with E-state index in [-0.39, 0.29) is 5.56 Å². The fraction of sp³-hybridized carbons (Fsp3) is 0.125. The molecule has 0 saturated carbocycles. The van der Waals surface area contributed by atoms with Gasteiger partial charge in [-0.15, -0.1) is 11.3 Å². The van der Waals surface area contributed by atoms with Crippen LogP contribution in [0.4, 0.5) is 8.78 Å². The summed E-state index contributed by atoms with van der Waals surface area (Å²) in [5.41, 5.74) is 2.43. The quantitative estimate of drug-likeness (QED) is 0.671. The van der Waals surface area contributed by atoms with Crippen LogP contribution in [0.3, 0.4) is 0 Å². The molecule has 0 aliphatic carbocycles. The second kappa shape index (κ2) is 5.69. The van der Waals surface area contributed by atoms with E-state index >= 15 is 0 Å². The van der Waals surface area contributed by atoms with Crippen LogP contribution in [0.25, 0.3) is 20.9 Å². The van der Waals surface area contributed by atoms with E-state index < -0.39 is 6.43 Å². The molecule has 3 aromatic heterocycles. The Morgan fingerprint density at radius 2 is 1.33 bits per heavy atom. The first-order valence-electron chi connectivity index (χ1n) is 6.40. The van der Waals surface area contributed by atoms with Gasteiger partial charge in [0.15, 0.2) is 0 Å². The number of nitrogens with zero attached hydrogens (tertiary/aromatic N) is 2. The van der Waals surface area contributed by atoms with Crippen molar-refractivity contribution in [2.75, 3.05) is 0 Å². The topological polar surface area (TPSA) is 25.8 Å². The molecule has 3 aromatic rings. The maximum atomic E-state index is 13.5. The summed E-state index contributed by atoms with van der Waals surface area (Å²) in [5, 5.41) is 0. The standard InChI is InChI=1S/C16H12F2N2S/c1-10-13(16(17)18)15(12-4-8-20-9-5-12)21-14(10)11-2-6-19-7-3-11/h2-9,16H,1H3. The van der Waals surface area contributed by atoms with Crippen molar-refractivity contribution in [1.82, 2.24) is 9.97 Å². The van der Waals surface area contributed by atoms with Gasteiger partial charge in [-0.25, -0.2) is 8.78 Å². The molecule has 0 atom stereocenters.